The van der Waals surface area contributed by atoms with Crippen LogP contribution in [-0.2, 0) is 29.0 Å². The van der Waals surface area contributed by atoms with Crippen molar-refractivity contribution in [1.29, 1.82) is 0 Å². The van der Waals surface area contributed by atoms with Crippen molar-refractivity contribution in [3.8, 4) is 0 Å². The van der Waals surface area contributed by atoms with Gasteiger partial charge in [0.2, 0.25) is 0 Å². The Bertz CT molecular complexity index is 982. The number of rotatable bonds is 10. The van der Waals surface area contributed by atoms with E-state index in [1.165, 1.54) is 6.07 Å². The highest BCUT2D eigenvalue weighted by atomic mass is 19.4. The van der Waals surface area contributed by atoms with Crippen molar-refractivity contribution in [2.75, 3.05) is 6.54 Å². The second kappa shape index (κ2) is 12.0. The van der Waals surface area contributed by atoms with Crippen molar-refractivity contribution < 1.29 is 27.9 Å². The second-order valence-electron chi connectivity index (χ2n) is 8.72. The van der Waals surface area contributed by atoms with Crippen LogP contribution in [-0.4, -0.2) is 23.3 Å². The van der Waals surface area contributed by atoms with Gasteiger partial charge in [-0.1, -0.05) is 60.8 Å². The molecule has 1 aliphatic rings. The van der Waals surface area contributed by atoms with Gasteiger partial charge in [-0.05, 0) is 54.0 Å². The molecule has 0 radical (unpaired) electrons. The van der Waals surface area contributed by atoms with E-state index in [4.69, 9.17) is 9.94 Å². The second-order valence-corrected chi connectivity index (χ2v) is 8.72. The highest BCUT2D eigenvalue weighted by Gasteiger charge is 2.35. The summed E-state index contributed by atoms with van der Waals surface area (Å²) in [4.78, 5) is 15.9. The molecule has 8 heteroatoms. The van der Waals surface area contributed by atoms with Gasteiger partial charge >= 0.3 is 12.1 Å². The smallest absolute Gasteiger partial charge is 0.416 e. The molecule has 5 nitrogen and oxygen atoms in total. The minimum Gasteiger partial charge on any atom is -0.481 e. The summed E-state index contributed by atoms with van der Waals surface area (Å²) in [6, 6.07) is 12.1. The summed E-state index contributed by atoms with van der Waals surface area (Å²) >= 11 is 0. The topological polar surface area (TPSA) is 70.9 Å². The number of nitrogens with one attached hydrogen (secondary N) is 1. The van der Waals surface area contributed by atoms with Gasteiger partial charge in [0.1, 0.15) is 6.61 Å². The minimum atomic E-state index is -4.40. The van der Waals surface area contributed by atoms with Gasteiger partial charge in [-0.25, -0.2) is 0 Å². The zero-order valence-electron chi connectivity index (χ0n) is 19.3. The predicted octanol–water partition coefficient (Wildman–Crippen LogP) is 6.26. The van der Waals surface area contributed by atoms with Crippen LogP contribution in [0.15, 0.2) is 47.6 Å². The number of carboxylic acids is 1. The summed E-state index contributed by atoms with van der Waals surface area (Å²) in [6.45, 7) is 2.67. The molecule has 1 fully saturated rings. The van der Waals surface area contributed by atoms with Crippen LogP contribution in [0, 0.1) is 0 Å². The van der Waals surface area contributed by atoms with Gasteiger partial charge in [0.15, 0.2) is 0 Å². The number of nitrogens with zero attached hydrogens (tertiary/aromatic N) is 1. The lowest BCUT2D eigenvalue weighted by Crippen LogP contribution is -2.17. The first kappa shape index (κ1) is 25.7. The molecule has 184 valence electrons. The molecule has 0 amide bonds. The van der Waals surface area contributed by atoms with Crippen LogP contribution in [0.1, 0.15) is 79.2 Å². The third-order valence-electron chi connectivity index (χ3n) is 6.12. The molecule has 3 rings (SSSR count). The molecule has 0 aromatic heterocycles. The Morgan fingerprint density at radius 2 is 1.76 bits per heavy atom. The van der Waals surface area contributed by atoms with Gasteiger partial charge in [0.05, 0.1) is 17.7 Å². The minimum absolute atomic E-state index is 0.0315. The molecule has 0 unspecified atom stereocenters. The summed E-state index contributed by atoms with van der Waals surface area (Å²) in [5.74, 6) is -0.875. The molecule has 1 aliphatic carbocycles. The van der Waals surface area contributed by atoms with Crippen molar-refractivity contribution >= 4 is 11.7 Å². The van der Waals surface area contributed by atoms with Crippen LogP contribution < -0.4 is 5.32 Å². The maximum Gasteiger partial charge on any atom is 0.416 e. The molecule has 2 aromatic carbocycles. The molecule has 0 spiro atoms. The molecule has 0 heterocycles. The average molecular weight is 477 g/mol. The van der Waals surface area contributed by atoms with E-state index in [2.05, 4.69) is 10.5 Å². The Kier molecular flexibility index (Phi) is 9.10. The summed E-state index contributed by atoms with van der Waals surface area (Å²) < 4.78 is 41.2. The molecule has 0 aliphatic heterocycles. The number of alkyl halides is 3. The fraction of sp³-hybridized carbons (Fsp3) is 0.462. The zero-order valence-corrected chi connectivity index (χ0v) is 19.3. The van der Waals surface area contributed by atoms with Crippen LogP contribution in [0.2, 0.25) is 0 Å². The Morgan fingerprint density at radius 3 is 2.41 bits per heavy atom. The van der Waals surface area contributed by atoms with E-state index in [1.807, 2.05) is 24.3 Å². The van der Waals surface area contributed by atoms with Gasteiger partial charge in [-0.2, -0.15) is 13.2 Å². The highest BCUT2D eigenvalue weighted by molar-refractivity contribution is 5.98. The van der Waals surface area contributed by atoms with Crippen molar-refractivity contribution in [2.45, 2.75) is 70.7 Å². The highest BCUT2D eigenvalue weighted by Crippen LogP contribution is 2.41. The normalized spacial score (nSPS) is 15.4. The summed E-state index contributed by atoms with van der Waals surface area (Å²) in [7, 11) is 0. The lowest BCUT2D eigenvalue weighted by atomic mass is 9.81. The van der Waals surface area contributed by atoms with Crippen LogP contribution in [0.3, 0.4) is 0 Å². The van der Waals surface area contributed by atoms with Crippen molar-refractivity contribution in [1.82, 2.24) is 5.32 Å². The first-order valence-electron chi connectivity index (χ1n) is 11.6. The van der Waals surface area contributed by atoms with Crippen molar-refractivity contribution in [3.63, 3.8) is 0 Å². The van der Waals surface area contributed by atoms with E-state index < -0.39 is 17.7 Å². The Hall–Kier alpha value is -2.87. The number of carbonyl (C=O) groups is 1. The van der Waals surface area contributed by atoms with Gasteiger partial charge < -0.3 is 15.3 Å². The van der Waals surface area contributed by atoms with E-state index in [1.54, 1.807) is 19.1 Å². The maximum absolute atomic E-state index is 13.7. The molecule has 2 N–H and O–H groups in total. The van der Waals surface area contributed by atoms with Gasteiger partial charge in [0, 0.05) is 13.1 Å². The van der Waals surface area contributed by atoms with Crippen molar-refractivity contribution in [3.05, 3.63) is 70.3 Å². The summed E-state index contributed by atoms with van der Waals surface area (Å²) in [5.41, 5.74) is 2.71. The number of hydrogen-bond donors (Lipinski definition) is 2. The van der Waals surface area contributed by atoms with Gasteiger partial charge in [0.25, 0.3) is 0 Å². The monoisotopic (exact) mass is 476 g/mol. The fourth-order valence-electron chi connectivity index (χ4n) is 4.26. The maximum atomic E-state index is 13.7. The predicted molar refractivity (Wildman–Crippen MR) is 125 cm³/mol. The third kappa shape index (κ3) is 7.58. The van der Waals surface area contributed by atoms with E-state index in [9.17, 15) is 18.0 Å². The van der Waals surface area contributed by atoms with Crippen molar-refractivity contribution in [2.24, 2.45) is 5.16 Å². The molecule has 34 heavy (non-hydrogen) atoms. The standard InChI is InChI=1S/C26H31F3N2O3/c1-18(21-10-7-19(8-11-21)16-30-14-13-25(32)33)31-34-17-20-9-12-23(22-5-3-2-4-6-22)24(15-20)26(27,28)29/h7-12,15,22,30H,2-6,13-14,16-17H2,1H3,(H,32,33)/b31-18-. The lowest BCUT2D eigenvalue weighted by Gasteiger charge is -2.25. The largest absolute Gasteiger partial charge is 0.481 e. The molecule has 1 saturated carbocycles. The molecule has 0 atom stereocenters. The first-order valence-corrected chi connectivity index (χ1v) is 11.6. The number of hydrogen-bond acceptors (Lipinski definition) is 4. The Balaban J connectivity index is 1.59. The van der Waals surface area contributed by atoms with Crippen LogP contribution in [0.5, 0.6) is 0 Å². The zero-order chi connectivity index (χ0) is 24.6. The lowest BCUT2D eigenvalue weighted by molar-refractivity contribution is -0.139. The van der Waals surface area contributed by atoms with Gasteiger partial charge in [-0.3, -0.25) is 4.79 Å². The molecule has 0 bridgehead atoms. The molecular formula is C26H31F3N2O3. The average Bonchev–Trinajstić information content (AvgIpc) is 2.82. The number of benzene rings is 2. The Labute approximate surface area is 198 Å². The number of carboxylic acid groups (broad SMARTS) is 1. The molecule has 2 aromatic rings. The van der Waals surface area contributed by atoms with E-state index >= 15 is 0 Å². The van der Waals surface area contributed by atoms with Crippen LogP contribution >= 0.6 is 0 Å². The van der Waals surface area contributed by atoms with Gasteiger partial charge in [-0.15, -0.1) is 0 Å². The SMILES string of the molecule is C/C(=N/OCc1ccc(C2CCCCC2)c(C(F)(F)F)c1)c1ccc(CNCCC(=O)O)cc1. The van der Waals surface area contributed by atoms with E-state index in [-0.39, 0.29) is 18.9 Å². The van der Waals surface area contributed by atoms with E-state index in [0.29, 0.717) is 29.9 Å². The quantitative estimate of drug-likeness (QED) is 0.241. The Morgan fingerprint density at radius 1 is 1.09 bits per heavy atom. The van der Waals surface area contributed by atoms with Crippen LogP contribution in [0.25, 0.3) is 0 Å². The van der Waals surface area contributed by atoms with Crippen LogP contribution in [0.4, 0.5) is 13.2 Å². The molecule has 0 saturated heterocycles. The number of aliphatic carboxylic acids is 1. The van der Waals surface area contributed by atoms with E-state index in [0.717, 1.165) is 43.2 Å². The summed E-state index contributed by atoms with van der Waals surface area (Å²) in [5, 5.41) is 15.8. The first-order chi connectivity index (χ1) is 16.2. The summed E-state index contributed by atoms with van der Waals surface area (Å²) in [6.07, 6.45) is 0.319. The number of halogens is 3. The third-order valence-corrected chi connectivity index (χ3v) is 6.12. The number of oxime groups is 1. The fourth-order valence-corrected chi connectivity index (χ4v) is 4.26. The molecular weight excluding hydrogens is 445 g/mol.